The van der Waals surface area contributed by atoms with Crippen LogP contribution in [0.1, 0.15) is 25.5 Å². The number of benzene rings is 1. The standard InChI is InChI=1S/C13H15N3O/c1-10(15-11(2)17)12-3-5-13(6-4-12)16-8-7-14-9-16/h3-10H,1-2H3,(H,15,17). The fraction of sp³-hybridized carbons (Fsp3) is 0.231. The molecule has 1 N–H and O–H groups in total. The van der Waals surface area contributed by atoms with Crippen molar-refractivity contribution in [1.29, 1.82) is 0 Å². The van der Waals surface area contributed by atoms with Crippen molar-refractivity contribution in [3.05, 3.63) is 48.5 Å². The zero-order chi connectivity index (χ0) is 12.3. The third kappa shape index (κ3) is 2.72. The van der Waals surface area contributed by atoms with E-state index in [0.29, 0.717) is 0 Å². The molecule has 1 unspecified atom stereocenters. The highest BCUT2D eigenvalue weighted by Crippen LogP contribution is 2.15. The van der Waals surface area contributed by atoms with Crippen molar-refractivity contribution in [1.82, 2.24) is 14.9 Å². The second-order valence-corrected chi connectivity index (χ2v) is 3.98. The summed E-state index contributed by atoms with van der Waals surface area (Å²) in [7, 11) is 0. The molecule has 2 rings (SSSR count). The average molecular weight is 229 g/mol. The van der Waals surface area contributed by atoms with Gasteiger partial charge in [0.15, 0.2) is 0 Å². The highest BCUT2D eigenvalue weighted by atomic mass is 16.1. The summed E-state index contributed by atoms with van der Waals surface area (Å²) in [4.78, 5) is 15.0. The lowest BCUT2D eigenvalue weighted by atomic mass is 10.1. The van der Waals surface area contributed by atoms with Gasteiger partial charge in [-0.3, -0.25) is 4.79 Å². The molecule has 17 heavy (non-hydrogen) atoms. The number of hydrogen-bond donors (Lipinski definition) is 1. The first kappa shape index (κ1) is 11.4. The van der Waals surface area contributed by atoms with Crippen molar-refractivity contribution in [2.24, 2.45) is 0 Å². The van der Waals surface area contributed by atoms with E-state index in [1.54, 1.807) is 12.5 Å². The van der Waals surface area contributed by atoms with Gasteiger partial charge in [-0.15, -0.1) is 0 Å². The first-order valence-electron chi connectivity index (χ1n) is 5.52. The van der Waals surface area contributed by atoms with Gasteiger partial charge in [-0.05, 0) is 24.6 Å². The van der Waals surface area contributed by atoms with Crippen LogP contribution < -0.4 is 5.32 Å². The summed E-state index contributed by atoms with van der Waals surface area (Å²) in [5.74, 6) is -0.0174. The van der Waals surface area contributed by atoms with Crippen molar-refractivity contribution < 1.29 is 4.79 Å². The lowest BCUT2D eigenvalue weighted by Crippen LogP contribution is -2.23. The normalized spacial score (nSPS) is 12.1. The number of nitrogens with zero attached hydrogens (tertiary/aromatic N) is 2. The molecule has 4 nitrogen and oxygen atoms in total. The van der Waals surface area contributed by atoms with Crippen LogP contribution in [0, 0.1) is 0 Å². The molecule has 0 aliphatic heterocycles. The summed E-state index contributed by atoms with van der Waals surface area (Å²) in [5, 5.41) is 2.86. The summed E-state index contributed by atoms with van der Waals surface area (Å²) in [6.07, 6.45) is 5.40. The SMILES string of the molecule is CC(=O)NC(C)c1ccc(-n2ccnc2)cc1. The third-order valence-electron chi connectivity index (χ3n) is 2.62. The van der Waals surface area contributed by atoms with Crippen LogP contribution in [0.15, 0.2) is 43.0 Å². The largest absolute Gasteiger partial charge is 0.350 e. The lowest BCUT2D eigenvalue weighted by molar-refractivity contribution is -0.119. The Kier molecular flexibility index (Phi) is 3.23. The van der Waals surface area contributed by atoms with Gasteiger partial charge in [0.25, 0.3) is 0 Å². The fourth-order valence-electron chi connectivity index (χ4n) is 1.74. The predicted molar refractivity (Wildman–Crippen MR) is 65.8 cm³/mol. The average Bonchev–Trinajstić information content (AvgIpc) is 2.82. The maximum atomic E-state index is 11.0. The van der Waals surface area contributed by atoms with E-state index in [2.05, 4.69) is 10.3 Å². The molecule has 2 aromatic rings. The van der Waals surface area contributed by atoms with Gasteiger partial charge in [-0.1, -0.05) is 12.1 Å². The molecule has 88 valence electrons. The third-order valence-corrected chi connectivity index (χ3v) is 2.62. The molecule has 0 spiro atoms. The van der Waals surface area contributed by atoms with E-state index < -0.39 is 0 Å². The minimum Gasteiger partial charge on any atom is -0.350 e. The van der Waals surface area contributed by atoms with Crippen LogP contribution in [0.4, 0.5) is 0 Å². The van der Waals surface area contributed by atoms with Gasteiger partial charge >= 0.3 is 0 Å². The molecule has 1 heterocycles. The molecule has 0 fully saturated rings. The maximum absolute atomic E-state index is 11.0. The van der Waals surface area contributed by atoms with Crippen molar-refractivity contribution in [2.75, 3.05) is 0 Å². The van der Waals surface area contributed by atoms with Gasteiger partial charge in [0.05, 0.1) is 12.4 Å². The smallest absolute Gasteiger partial charge is 0.217 e. The van der Waals surface area contributed by atoms with E-state index in [-0.39, 0.29) is 11.9 Å². The molecule has 1 atom stereocenters. The molecule has 0 saturated carbocycles. The van der Waals surface area contributed by atoms with Gasteiger partial charge < -0.3 is 9.88 Å². The second kappa shape index (κ2) is 4.82. The Bertz CT molecular complexity index is 488. The highest BCUT2D eigenvalue weighted by Gasteiger charge is 2.06. The van der Waals surface area contributed by atoms with E-state index in [4.69, 9.17) is 0 Å². The Labute approximate surface area is 100 Å². The second-order valence-electron chi connectivity index (χ2n) is 3.98. The summed E-state index contributed by atoms with van der Waals surface area (Å²) >= 11 is 0. The molecular weight excluding hydrogens is 214 g/mol. The van der Waals surface area contributed by atoms with E-state index in [9.17, 15) is 4.79 Å². The molecule has 0 aliphatic rings. The van der Waals surface area contributed by atoms with E-state index >= 15 is 0 Å². The van der Waals surface area contributed by atoms with Crippen molar-refractivity contribution in [2.45, 2.75) is 19.9 Å². The van der Waals surface area contributed by atoms with Gasteiger partial charge in [0, 0.05) is 25.0 Å². The Morgan fingerprint density at radius 2 is 2.06 bits per heavy atom. The number of nitrogens with one attached hydrogen (secondary N) is 1. The van der Waals surface area contributed by atoms with Crippen molar-refractivity contribution in [3.63, 3.8) is 0 Å². The molecule has 0 bridgehead atoms. The maximum Gasteiger partial charge on any atom is 0.217 e. The minimum atomic E-state index is -0.0174. The summed E-state index contributed by atoms with van der Waals surface area (Å²) in [6, 6.07) is 8.07. The summed E-state index contributed by atoms with van der Waals surface area (Å²) in [6.45, 7) is 3.49. The Morgan fingerprint density at radius 3 is 2.59 bits per heavy atom. The highest BCUT2D eigenvalue weighted by molar-refractivity contribution is 5.73. The summed E-state index contributed by atoms with van der Waals surface area (Å²) < 4.78 is 1.94. The van der Waals surface area contributed by atoms with Crippen molar-refractivity contribution in [3.8, 4) is 5.69 Å². The van der Waals surface area contributed by atoms with E-state index in [0.717, 1.165) is 11.3 Å². The van der Waals surface area contributed by atoms with Gasteiger partial charge in [0.2, 0.25) is 5.91 Å². The molecule has 1 aromatic carbocycles. The molecule has 0 radical (unpaired) electrons. The van der Waals surface area contributed by atoms with Crippen LogP contribution in [0.5, 0.6) is 0 Å². The topological polar surface area (TPSA) is 46.9 Å². The number of imidazole rings is 1. The summed E-state index contributed by atoms with van der Waals surface area (Å²) in [5.41, 5.74) is 2.14. The zero-order valence-corrected chi connectivity index (χ0v) is 9.92. The van der Waals surface area contributed by atoms with Crippen LogP contribution in [-0.2, 0) is 4.79 Å². The minimum absolute atomic E-state index is 0.0174. The number of carbonyl (C=O) groups excluding carboxylic acids is 1. The number of carbonyl (C=O) groups is 1. The van der Waals surface area contributed by atoms with Crippen LogP contribution in [-0.4, -0.2) is 15.5 Å². The number of aromatic nitrogens is 2. The first-order valence-corrected chi connectivity index (χ1v) is 5.52. The zero-order valence-electron chi connectivity index (χ0n) is 9.92. The number of rotatable bonds is 3. The predicted octanol–water partition coefficient (Wildman–Crippen LogP) is 2.07. The van der Waals surface area contributed by atoms with E-state index in [1.807, 2.05) is 42.0 Å². The fourth-order valence-corrected chi connectivity index (χ4v) is 1.74. The molecule has 0 saturated heterocycles. The first-order chi connectivity index (χ1) is 8.16. The molecule has 1 aromatic heterocycles. The lowest BCUT2D eigenvalue weighted by Gasteiger charge is -2.13. The Morgan fingerprint density at radius 1 is 1.35 bits per heavy atom. The van der Waals surface area contributed by atoms with Gasteiger partial charge in [-0.2, -0.15) is 0 Å². The molecule has 4 heteroatoms. The van der Waals surface area contributed by atoms with Crippen LogP contribution in [0.2, 0.25) is 0 Å². The molecule has 1 amide bonds. The number of hydrogen-bond acceptors (Lipinski definition) is 2. The van der Waals surface area contributed by atoms with Crippen LogP contribution in [0.3, 0.4) is 0 Å². The Balaban J connectivity index is 2.15. The van der Waals surface area contributed by atoms with Gasteiger partial charge in [0.1, 0.15) is 0 Å². The van der Waals surface area contributed by atoms with Crippen molar-refractivity contribution >= 4 is 5.91 Å². The molecule has 0 aliphatic carbocycles. The van der Waals surface area contributed by atoms with E-state index in [1.165, 1.54) is 6.92 Å². The monoisotopic (exact) mass is 229 g/mol. The number of amides is 1. The quantitative estimate of drug-likeness (QED) is 0.875. The van der Waals surface area contributed by atoms with Crippen LogP contribution >= 0.6 is 0 Å². The van der Waals surface area contributed by atoms with Crippen LogP contribution in [0.25, 0.3) is 5.69 Å². The Hall–Kier alpha value is -2.10. The molecular formula is C13H15N3O. The van der Waals surface area contributed by atoms with Gasteiger partial charge in [-0.25, -0.2) is 4.98 Å².